The Morgan fingerprint density at radius 2 is 1.70 bits per heavy atom. The predicted molar refractivity (Wildman–Crippen MR) is 105 cm³/mol. The number of benzene rings is 1. The van der Waals surface area contributed by atoms with Gasteiger partial charge in [0.25, 0.3) is 0 Å². The molecule has 1 N–H and O–H groups in total. The minimum Gasteiger partial charge on any atom is -0.493 e. The summed E-state index contributed by atoms with van der Waals surface area (Å²) in [7, 11) is 5.52. The largest absolute Gasteiger partial charge is 0.493 e. The van der Waals surface area contributed by atoms with Crippen molar-refractivity contribution < 1.29 is 38.4 Å². The molecule has 5 atom stereocenters. The molecule has 3 aliphatic carbocycles. The van der Waals surface area contributed by atoms with Gasteiger partial charge >= 0.3 is 11.9 Å². The zero-order chi connectivity index (χ0) is 22.0. The average molecular weight is 416 g/mol. The summed E-state index contributed by atoms with van der Waals surface area (Å²) in [5, 5.41) is 10.6. The molecule has 30 heavy (non-hydrogen) atoms. The van der Waals surface area contributed by atoms with Crippen LogP contribution in [0.2, 0.25) is 0 Å². The highest BCUT2D eigenvalue weighted by atomic mass is 16.5. The molecule has 4 rings (SSSR count). The summed E-state index contributed by atoms with van der Waals surface area (Å²) in [5.74, 6) is -3.55. The van der Waals surface area contributed by atoms with Crippen LogP contribution in [0.5, 0.6) is 11.5 Å². The Bertz CT molecular complexity index is 916. The second-order valence-electron chi connectivity index (χ2n) is 7.11. The van der Waals surface area contributed by atoms with Gasteiger partial charge in [-0.05, 0) is 23.3 Å². The highest BCUT2D eigenvalue weighted by Crippen LogP contribution is 2.52. The molecular formula is C22H24O8. The summed E-state index contributed by atoms with van der Waals surface area (Å²) < 4.78 is 20.2. The molecule has 2 bridgehead atoms. The van der Waals surface area contributed by atoms with Crippen molar-refractivity contribution >= 4 is 17.7 Å². The van der Waals surface area contributed by atoms with Gasteiger partial charge in [0, 0.05) is 23.8 Å². The van der Waals surface area contributed by atoms with E-state index < -0.39 is 41.7 Å². The number of methoxy groups -OCH3 is 4. The van der Waals surface area contributed by atoms with E-state index in [4.69, 9.17) is 14.2 Å². The molecule has 1 fully saturated rings. The molecule has 1 saturated carbocycles. The van der Waals surface area contributed by atoms with Gasteiger partial charge in [0.1, 0.15) is 6.10 Å². The van der Waals surface area contributed by atoms with Crippen molar-refractivity contribution in [3.8, 4) is 11.5 Å². The number of allylic oxidation sites excluding steroid dienone is 2. The minimum absolute atomic E-state index is 0.379. The standard InChI is InChI=1S/C22H24O8/c1-27-14-7-5-12(10-15(14)28-2)17-13-9-11(6-8-16(23)29-3)18(21(25)20(13)24)19(17)22(26)30-4/h5-10,13,17-19,21,25H,1-4H3/b8-6+/t13?,17?,18?,19?,21-/m0/s1. The number of hydrogen-bond donors (Lipinski definition) is 1. The van der Waals surface area contributed by atoms with Gasteiger partial charge < -0.3 is 24.1 Å². The maximum absolute atomic E-state index is 12.8. The Kier molecular flexibility index (Phi) is 6.26. The van der Waals surface area contributed by atoms with Crippen LogP contribution in [0.1, 0.15) is 11.5 Å². The van der Waals surface area contributed by atoms with E-state index in [0.29, 0.717) is 22.6 Å². The van der Waals surface area contributed by atoms with Crippen molar-refractivity contribution in [2.75, 3.05) is 28.4 Å². The molecule has 1 aromatic rings. The van der Waals surface area contributed by atoms with Crippen molar-refractivity contribution in [3.05, 3.63) is 47.6 Å². The maximum Gasteiger partial charge on any atom is 0.330 e. The van der Waals surface area contributed by atoms with Gasteiger partial charge in [-0.2, -0.15) is 0 Å². The number of rotatable bonds is 6. The zero-order valence-corrected chi connectivity index (χ0v) is 17.2. The number of carbonyl (C=O) groups is 3. The summed E-state index contributed by atoms with van der Waals surface area (Å²) in [6.07, 6.45) is 2.99. The van der Waals surface area contributed by atoms with Crippen LogP contribution >= 0.6 is 0 Å². The van der Waals surface area contributed by atoms with Crippen LogP contribution in [0, 0.1) is 17.8 Å². The van der Waals surface area contributed by atoms with Crippen LogP contribution in [0.15, 0.2) is 42.0 Å². The minimum atomic E-state index is -1.38. The fraction of sp³-hybridized carbons (Fsp3) is 0.409. The van der Waals surface area contributed by atoms with Gasteiger partial charge in [-0.15, -0.1) is 0 Å². The molecule has 3 aliphatic rings. The first-order valence-corrected chi connectivity index (χ1v) is 9.37. The lowest BCUT2D eigenvalue weighted by Gasteiger charge is -2.47. The molecule has 0 saturated heterocycles. The van der Waals surface area contributed by atoms with Crippen molar-refractivity contribution in [1.82, 2.24) is 0 Å². The summed E-state index contributed by atoms with van der Waals surface area (Å²) in [6.45, 7) is 0. The Balaban J connectivity index is 2.13. The summed E-state index contributed by atoms with van der Waals surface area (Å²) in [4.78, 5) is 37.1. The molecule has 0 radical (unpaired) electrons. The highest BCUT2D eigenvalue weighted by Gasteiger charge is 2.56. The Morgan fingerprint density at radius 3 is 2.30 bits per heavy atom. The number of aliphatic hydroxyl groups is 1. The number of aliphatic hydroxyl groups excluding tert-OH is 1. The number of ketones is 1. The fourth-order valence-electron chi connectivity index (χ4n) is 4.39. The van der Waals surface area contributed by atoms with Crippen molar-refractivity contribution in [2.45, 2.75) is 12.0 Å². The summed E-state index contributed by atoms with van der Waals surface area (Å²) in [5.41, 5.74) is 1.20. The van der Waals surface area contributed by atoms with Crippen LogP contribution in [0.4, 0.5) is 0 Å². The summed E-state index contributed by atoms with van der Waals surface area (Å²) >= 11 is 0. The molecule has 0 amide bonds. The normalized spacial score (nSPS) is 27.6. The molecule has 8 heteroatoms. The first-order chi connectivity index (χ1) is 14.4. The van der Waals surface area contributed by atoms with Crippen LogP contribution in [-0.2, 0) is 23.9 Å². The molecule has 1 aromatic carbocycles. The summed E-state index contributed by atoms with van der Waals surface area (Å²) in [6, 6.07) is 5.19. The number of esters is 2. The van der Waals surface area contributed by atoms with Gasteiger partial charge in [-0.25, -0.2) is 4.79 Å². The third kappa shape index (κ3) is 3.59. The van der Waals surface area contributed by atoms with Gasteiger partial charge in [-0.1, -0.05) is 18.2 Å². The quantitative estimate of drug-likeness (QED) is 0.548. The SMILES string of the molecule is COC(=O)/C=C/C1=CC2C(=O)[C@@H](O)C1C(C(=O)OC)C2c1ccc(OC)c(OC)c1. The molecule has 0 spiro atoms. The Hall–Kier alpha value is -3.13. The van der Waals surface area contributed by atoms with E-state index >= 15 is 0 Å². The van der Waals surface area contributed by atoms with Crippen LogP contribution in [0.3, 0.4) is 0 Å². The zero-order valence-electron chi connectivity index (χ0n) is 17.2. The average Bonchev–Trinajstić information content (AvgIpc) is 2.78. The second kappa shape index (κ2) is 8.71. The molecule has 0 heterocycles. The van der Waals surface area contributed by atoms with E-state index in [9.17, 15) is 19.5 Å². The first-order valence-electron chi connectivity index (χ1n) is 9.37. The topological polar surface area (TPSA) is 108 Å². The van der Waals surface area contributed by atoms with E-state index in [1.54, 1.807) is 24.3 Å². The predicted octanol–water partition coefficient (Wildman–Crippen LogP) is 1.42. The van der Waals surface area contributed by atoms with Crippen LogP contribution < -0.4 is 9.47 Å². The smallest absolute Gasteiger partial charge is 0.330 e. The third-order valence-corrected chi connectivity index (χ3v) is 5.76. The number of carbonyl (C=O) groups excluding carboxylic acids is 3. The lowest BCUT2D eigenvalue weighted by Crippen LogP contribution is -2.55. The molecule has 160 valence electrons. The third-order valence-electron chi connectivity index (χ3n) is 5.76. The van der Waals surface area contributed by atoms with E-state index in [2.05, 4.69) is 4.74 Å². The molecule has 0 aromatic heterocycles. The number of fused-ring (bicyclic) bond motifs is 2. The number of hydrogen-bond acceptors (Lipinski definition) is 8. The van der Waals surface area contributed by atoms with E-state index in [-0.39, 0.29) is 5.78 Å². The maximum atomic E-state index is 12.8. The molecule has 8 nitrogen and oxygen atoms in total. The lowest BCUT2D eigenvalue weighted by atomic mass is 9.56. The van der Waals surface area contributed by atoms with E-state index in [0.717, 1.165) is 0 Å². The van der Waals surface area contributed by atoms with Crippen molar-refractivity contribution in [2.24, 2.45) is 17.8 Å². The van der Waals surface area contributed by atoms with Gasteiger partial charge in [0.05, 0.1) is 34.4 Å². The van der Waals surface area contributed by atoms with Gasteiger partial charge in [0.2, 0.25) is 0 Å². The number of Topliss-reactive ketones (excluding diaryl/α,β-unsaturated/α-hetero) is 1. The van der Waals surface area contributed by atoms with Crippen LogP contribution in [-0.4, -0.2) is 57.4 Å². The van der Waals surface area contributed by atoms with E-state index in [1.807, 2.05) is 0 Å². The Labute approximate surface area is 174 Å². The number of ether oxygens (including phenoxy) is 4. The van der Waals surface area contributed by atoms with E-state index in [1.165, 1.54) is 40.6 Å². The molecule has 4 unspecified atom stereocenters. The van der Waals surface area contributed by atoms with Crippen molar-refractivity contribution in [3.63, 3.8) is 0 Å². The van der Waals surface area contributed by atoms with Crippen molar-refractivity contribution in [1.29, 1.82) is 0 Å². The molecular weight excluding hydrogens is 392 g/mol. The Morgan fingerprint density at radius 1 is 1.00 bits per heavy atom. The highest BCUT2D eigenvalue weighted by molar-refractivity contribution is 5.95. The second-order valence-corrected chi connectivity index (χ2v) is 7.11. The lowest BCUT2D eigenvalue weighted by molar-refractivity contribution is -0.157. The van der Waals surface area contributed by atoms with Gasteiger partial charge in [0.15, 0.2) is 17.3 Å². The van der Waals surface area contributed by atoms with Crippen LogP contribution in [0.25, 0.3) is 0 Å². The first kappa shape index (κ1) is 21.6. The monoisotopic (exact) mass is 416 g/mol. The molecule has 0 aliphatic heterocycles. The van der Waals surface area contributed by atoms with Gasteiger partial charge in [-0.3, -0.25) is 9.59 Å². The fourth-order valence-corrected chi connectivity index (χ4v) is 4.39.